The Hall–Kier alpha value is -0.170. The van der Waals surface area contributed by atoms with Crippen LogP contribution in [0.15, 0.2) is 31.3 Å². The van der Waals surface area contributed by atoms with Crippen molar-refractivity contribution in [2.75, 3.05) is 0 Å². The first-order valence-corrected chi connectivity index (χ1v) is 6.17. The van der Waals surface area contributed by atoms with E-state index in [0.717, 1.165) is 4.88 Å². The molecule has 2 rings (SSSR count). The highest BCUT2D eigenvalue weighted by Crippen LogP contribution is 2.32. The minimum absolute atomic E-state index is 0.502. The molecule has 0 aliphatic rings. The lowest BCUT2D eigenvalue weighted by atomic mass is 10.2. The number of thiazole rings is 1. The van der Waals surface area contributed by atoms with Gasteiger partial charge in [0.2, 0.25) is 0 Å². The first-order chi connectivity index (χ1) is 6.68. The van der Waals surface area contributed by atoms with Gasteiger partial charge in [0.05, 0.1) is 10.4 Å². The van der Waals surface area contributed by atoms with E-state index in [0.29, 0.717) is 15.0 Å². The molecule has 1 unspecified atom stereocenters. The highest BCUT2D eigenvalue weighted by molar-refractivity contribution is 9.10. The van der Waals surface area contributed by atoms with E-state index in [1.54, 1.807) is 17.6 Å². The van der Waals surface area contributed by atoms with E-state index < -0.39 is 6.10 Å². The fraction of sp³-hybridized carbons (Fsp3) is 0.125. The second-order valence-corrected chi connectivity index (χ2v) is 4.97. The van der Waals surface area contributed by atoms with Gasteiger partial charge in [0.15, 0.2) is 4.67 Å². The van der Waals surface area contributed by atoms with Gasteiger partial charge in [0.25, 0.3) is 0 Å². The first-order valence-electron chi connectivity index (χ1n) is 3.70. The molecular formula is C8H5Br2NO2S. The van der Waals surface area contributed by atoms with Gasteiger partial charge in [0, 0.05) is 0 Å². The average Bonchev–Trinajstić information content (AvgIpc) is 2.73. The summed E-state index contributed by atoms with van der Waals surface area (Å²) in [6.45, 7) is 0. The Balaban J connectivity index is 2.33. The topological polar surface area (TPSA) is 46.3 Å². The van der Waals surface area contributed by atoms with Gasteiger partial charge in [-0.3, -0.25) is 0 Å². The molecular weight excluding hydrogens is 334 g/mol. The summed E-state index contributed by atoms with van der Waals surface area (Å²) in [7, 11) is 0. The maximum absolute atomic E-state index is 9.90. The van der Waals surface area contributed by atoms with Gasteiger partial charge < -0.3 is 9.52 Å². The molecule has 2 aromatic heterocycles. The van der Waals surface area contributed by atoms with Crippen LogP contribution >= 0.6 is 43.2 Å². The molecule has 0 spiro atoms. The second-order valence-electron chi connectivity index (χ2n) is 2.55. The molecule has 0 saturated heterocycles. The number of hydrogen-bond acceptors (Lipinski definition) is 4. The van der Waals surface area contributed by atoms with Crippen LogP contribution in [0.1, 0.15) is 16.7 Å². The van der Waals surface area contributed by atoms with Crippen LogP contribution in [0.3, 0.4) is 0 Å². The third kappa shape index (κ3) is 1.93. The van der Waals surface area contributed by atoms with E-state index in [-0.39, 0.29) is 0 Å². The Kier molecular flexibility index (Phi) is 3.06. The molecule has 0 radical (unpaired) electrons. The summed E-state index contributed by atoms with van der Waals surface area (Å²) < 4.78 is 6.51. The number of furan rings is 1. The number of aromatic nitrogens is 1. The summed E-state index contributed by atoms with van der Waals surface area (Å²) in [6.07, 6.45) is -0.761. The maximum Gasteiger partial charge on any atom is 0.169 e. The molecule has 74 valence electrons. The molecule has 0 aromatic carbocycles. The molecule has 6 heteroatoms. The summed E-state index contributed by atoms with van der Waals surface area (Å²) >= 11 is 7.82. The molecule has 2 aromatic rings. The van der Waals surface area contributed by atoms with Crippen molar-refractivity contribution in [3.05, 3.63) is 37.6 Å². The smallest absolute Gasteiger partial charge is 0.169 e. The van der Waals surface area contributed by atoms with Crippen LogP contribution in [0.5, 0.6) is 0 Å². The van der Waals surface area contributed by atoms with Crippen molar-refractivity contribution in [3.63, 3.8) is 0 Å². The van der Waals surface area contributed by atoms with Gasteiger partial charge in [-0.05, 0) is 44.0 Å². The summed E-state index contributed by atoms with van der Waals surface area (Å²) in [5.41, 5.74) is 1.67. The van der Waals surface area contributed by atoms with Crippen molar-refractivity contribution in [1.29, 1.82) is 0 Å². The average molecular weight is 339 g/mol. The van der Waals surface area contributed by atoms with Gasteiger partial charge in [-0.2, -0.15) is 0 Å². The van der Waals surface area contributed by atoms with Crippen LogP contribution in [-0.2, 0) is 0 Å². The summed E-state index contributed by atoms with van der Waals surface area (Å²) in [5.74, 6) is 0.502. The number of aliphatic hydroxyl groups is 1. The minimum atomic E-state index is -0.761. The predicted octanol–water partition coefficient (Wildman–Crippen LogP) is 3.34. The second kappa shape index (κ2) is 4.14. The Bertz CT molecular complexity index is 440. The van der Waals surface area contributed by atoms with Crippen molar-refractivity contribution < 1.29 is 9.52 Å². The molecule has 3 nitrogen and oxygen atoms in total. The summed E-state index contributed by atoms with van der Waals surface area (Å²) in [5, 5.41) is 9.90. The number of nitrogens with zero attached hydrogens (tertiary/aromatic N) is 1. The van der Waals surface area contributed by atoms with Crippen LogP contribution in [0.25, 0.3) is 0 Å². The highest BCUT2D eigenvalue weighted by atomic mass is 79.9. The Labute approximate surface area is 101 Å². The lowest BCUT2D eigenvalue weighted by Crippen LogP contribution is -1.95. The van der Waals surface area contributed by atoms with Gasteiger partial charge in [0.1, 0.15) is 16.5 Å². The third-order valence-corrected chi connectivity index (χ3v) is 3.86. The zero-order valence-electron chi connectivity index (χ0n) is 6.78. The van der Waals surface area contributed by atoms with E-state index in [9.17, 15) is 5.11 Å². The molecule has 0 aliphatic heterocycles. The molecule has 1 N–H and O–H groups in total. The third-order valence-electron chi connectivity index (χ3n) is 1.66. The van der Waals surface area contributed by atoms with E-state index in [1.165, 1.54) is 11.3 Å². The van der Waals surface area contributed by atoms with Gasteiger partial charge >= 0.3 is 0 Å². The number of hydrogen-bond donors (Lipinski definition) is 1. The quantitative estimate of drug-likeness (QED) is 0.913. The lowest BCUT2D eigenvalue weighted by Gasteiger charge is -2.04. The maximum atomic E-state index is 9.90. The monoisotopic (exact) mass is 337 g/mol. The normalized spacial score (nSPS) is 13.1. The zero-order chi connectivity index (χ0) is 10.1. The SMILES string of the molecule is OC(c1ccc(Br)o1)c1scnc1Br. The lowest BCUT2D eigenvalue weighted by molar-refractivity contribution is 0.190. The van der Waals surface area contributed by atoms with E-state index in [1.807, 2.05) is 0 Å². The van der Waals surface area contributed by atoms with Gasteiger partial charge in [-0.1, -0.05) is 0 Å². The molecule has 0 amide bonds. The Morgan fingerprint density at radius 1 is 1.43 bits per heavy atom. The van der Waals surface area contributed by atoms with E-state index >= 15 is 0 Å². The largest absolute Gasteiger partial charge is 0.451 e. The summed E-state index contributed by atoms with van der Waals surface area (Å²) in [4.78, 5) is 4.73. The zero-order valence-corrected chi connectivity index (χ0v) is 10.8. The fourth-order valence-corrected chi connectivity index (χ4v) is 2.74. The van der Waals surface area contributed by atoms with Crippen LogP contribution in [0.2, 0.25) is 0 Å². The first kappa shape index (κ1) is 10.4. The highest BCUT2D eigenvalue weighted by Gasteiger charge is 2.19. The van der Waals surface area contributed by atoms with Crippen LogP contribution < -0.4 is 0 Å². The van der Waals surface area contributed by atoms with E-state index in [2.05, 4.69) is 36.8 Å². The molecule has 0 aliphatic carbocycles. The number of aliphatic hydroxyl groups excluding tert-OH is 1. The standard InChI is InChI=1S/C8H5Br2NO2S/c9-5-2-1-4(13-5)6(12)7-8(10)11-3-14-7/h1-3,6,12H. The Morgan fingerprint density at radius 3 is 2.71 bits per heavy atom. The van der Waals surface area contributed by atoms with Crippen LogP contribution in [0, 0.1) is 0 Å². The van der Waals surface area contributed by atoms with E-state index in [4.69, 9.17) is 4.42 Å². The molecule has 0 fully saturated rings. The molecule has 0 bridgehead atoms. The predicted molar refractivity (Wildman–Crippen MR) is 60.3 cm³/mol. The molecule has 0 saturated carbocycles. The van der Waals surface area contributed by atoms with Crippen molar-refractivity contribution in [3.8, 4) is 0 Å². The number of halogens is 2. The van der Waals surface area contributed by atoms with Crippen molar-refractivity contribution in [1.82, 2.24) is 4.98 Å². The summed E-state index contributed by atoms with van der Waals surface area (Å²) in [6, 6.07) is 3.47. The number of rotatable bonds is 2. The van der Waals surface area contributed by atoms with Crippen molar-refractivity contribution in [2.45, 2.75) is 6.10 Å². The minimum Gasteiger partial charge on any atom is -0.451 e. The van der Waals surface area contributed by atoms with Crippen molar-refractivity contribution >= 4 is 43.2 Å². The van der Waals surface area contributed by atoms with Crippen molar-refractivity contribution in [2.24, 2.45) is 0 Å². The van der Waals surface area contributed by atoms with Gasteiger partial charge in [-0.25, -0.2) is 4.98 Å². The fourth-order valence-electron chi connectivity index (χ4n) is 1.02. The van der Waals surface area contributed by atoms with Crippen LogP contribution in [-0.4, -0.2) is 10.1 Å². The molecule has 1 atom stereocenters. The molecule has 2 heterocycles. The van der Waals surface area contributed by atoms with Gasteiger partial charge in [-0.15, -0.1) is 11.3 Å². The Morgan fingerprint density at radius 2 is 2.21 bits per heavy atom. The van der Waals surface area contributed by atoms with Crippen LogP contribution in [0.4, 0.5) is 0 Å². The molecule has 14 heavy (non-hydrogen) atoms.